The second-order valence-corrected chi connectivity index (χ2v) is 6.62. The van der Waals surface area contributed by atoms with Gasteiger partial charge >= 0.3 is 0 Å². The van der Waals surface area contributed by atoms with Crippen molar-refractivity contribution < 1.29 is 9.59 Å². The zero-order chi connectivity index (χ0) is 16.0. The largest absolute Gasteiger partial charge is 0.369 e. The molecular formula is C14H18Cl2N2O2S. The van der Waals surface area contributed by atoms with E-state index in [1.54, 1.807) is 17.0 Å². The number of benzene rings is 1. The van der Waals surface area contributed by atoms with Crippen LogP contribution in [0.5, 0.6) is 0 Å². The molecule has 0 heterocycles. The maximum atomic E-state index is 12.2. The zero-order valence-corrected chi connectivity index (χ0v) is 14.3. The van der Waals surface area contributed by atoms with Crippen LogP contribution in [0.25, 0.3) is 0 Å². The molecule has 2 N–H and O–H groups in total. The molecule has 1 aromatic rings. The lowest BCUT2D eigenvalue weighted by Gasteiger charge is -2.27. The minimum atomic E-state index is -0.423. The van der Waals surface area contributed by atoms with E-state index in [0.717, 1.165) is 5.56 Å². The summed E-state index contributed by atoms with van der Waals surface area (Å²) in [6, 6.07) is 5.35. The minimum Gasteiger partial charge on any atom is -0.369 e. The normalized spacial score (nSPS) is 10.7. The van der Waals surface area contributed by atoms with Gasteiger partial charge in [0.2, 0.25) is 11.8 Å². The number of amides is 2. The fraction of sp³-hybridized carbons (Fsp3) is 0.429. The van der Waals surface area contributed by atoms with Crippen LogP contribution in [-0.4, -0.2) is 34.3 Å². The van der Waals surface area contributed by atoms with E-state index >= 15 is 0 Å². The van der Waals surface area contributed by atoms with Crippen LogP contribution in [0.4, 0.5) is 0 Å². The maximum absolute atomic E-state index is 12.2. The lowest BCUT2D eigenvalue weighted by molar-refractivity contribution is -0.130. The van der Waals surface area contributed by atoms with Crippen molar-refractivity contribution in [3.63, 3.8) is 0 Å². The maximum Gasteiger partial charge on any atom is 0.233 e. The SMILES string of the molecule is CC(C)N(Cc1ccc(Cl)c(Cl)c1)C(=O)CSCC(N)=O. The van der Waals surface area contributed by atoms with Crippen molar-refractivity contribution in [1.82, 2.24) is 4.90 Å². The van der Waals surface area contributed by atoms with Gasteiger partial charge in [-0.15, -0.1) is 11.8 Å². The molecular weight excluding hydrogens is 331 g/mol. The first-order chi connectivity index (χ1) is 9.81. The highest BCUT2D eigenvalue weighted by atomic mass is 35.5. The van der Waals surface area contributed by atoms with Gasteiger partial charge in [0, 0.05) is 12.6 Å². The molecule has 0 aromatic heterocycles. The van der Waals surface area contributed by atoms with Crippen LogP contribution >= 0.6 is 35.0 Å². The lowest BCUT2D eigenvalue weighted by Crippen LogP contribution is -2.37. The summed E-state index contributed by atoms with van der Waals surface area (Å²) >= 11 is 13.1. The molecule has 0 saturated heterocycles. The fourth-order valence-electron chi connectivity index (χ4n) is 1.72. The molecule has 1 aromatic carbocycles. The number of nitrogens with zero attached hydrogens (tertiary/aromatic N) is 1. The Morgan fingerprint density at radius 1 is 1.24 bits per heavy atom. The first kappa shape index (κ1) is 18.1. The summed E-state index contributed by atoms with van der Waals surface area (Å²) < 4.78 is 0. The van der Waals surface area contributed by atoms with Crippen molar-refractivity contribution in [3.8, 4) is 0 Å². The first-order valence-corrected chi connectivity index (χ1v) is 8.31. The van der Waals surface area contributed by atoms with E-state index in [0.29, 0.717) is 16.6 Å². The number of hydrogen-bond donors (Lipinski definition) is 1. The van der Waals surface area contributed by atoms with Crippen molar-refractivity contribution in [2.75, 3.05) is 11.5 Å². The van der Waals surface area contributed by atoms with E-state index in [1.807, 2.05) is 19.9 Å². The summed E-state index contributed by atoms with van der Waals surface area (Å²) in [5, 5.41) is 0.952. The molecule has 0 bridgehead atoms. The molecule has 1 rings (SSSR count). The van der Waals surface area contributed by atoms with Gasteiger partial charge in [-0.25, -0.2) is 0 Å². The molecule has 0 radical (unpaired) electrons. The van der Waals surface area contributed by atoms with E-state index in [-0.39, 0.29) is 23.5 Å². The summed E-state index contributed by atoms with van der Waals surface area (Å²) in [6.07, 6.45) is 0. The molecule has 4 nitrogen and oxygen atoms in total. The molecule has 0 unspecified atom stereocenters. The van der Waals surface area contributed by atoms with Gasteiger partial charge < -0.3 is 10.6 Å². The smallest absolute Gasteiger partial charge is 0.233 e. The van der Waals surface area contributed by atoms with Crippen LogP contribution in [0, 0.1) is 0 Å². The van der Waals surface area contributed by atoms with Crippen molar-refractivity contribution in [2.45, 2.75) is 26.4 Å². The number of primary amides is 1. The van der Waals surface area contributed by atoms with E-state index < -0.39 is 5.91 Å². The topological polar surface area (TPSA) is 63.4 Å². The third kappa shape index (κ3) is 6.16. The molecule has 0 spiro atoms. The van der Waals surface area contributed by atoms with E-state index in [9.17, 15) is 9.59 Å². The number of carbonyl (C=O) groups excluding carboxylic acids is 2. The van der Waals surface area contributed by atoms with Crippen molar-refractivity contribution >= 4 is 46.8 Å². The Morgan fingerprint density at radius 3 is 2.43 bits per heavy atom. The highest BCUT2D eigenvalue weighted by Crippen LogP contribution is 2.23. The lowest BCUT2D eigenvalue weighted by atomic mass is 10.2. The number of hydrogen-bond acceptors (Lipinski definition) is 3. The quantitative estimate of drug-likeness (QED) is 0.823. The van der Waals surface area contributed by atoms with Crippen molar-refractivity contribution in [2.24, 2.45) is 5.73 Å². The van der Waals surface area contributed by atoms with Gasteiger partial charge in [0.15, 0.2) is 0 Å². The monoisotopic (exact) mass is 348 g/mol. The van der Waals surface area contributed by atoms with Crippen LogP contribution in [-0.2, 0) is 16.1 Å². The predicted octanol–water partition coefficient (Wildman–Crippen LogP) is 2.95. The molecule has 0 aliphatic heterocycles. The molecule has 0 aliphatic carbocycles. The summed E-state index contributed by atoms with van der Waals surface area (Å²) in [7, 11) is 0. The second kappa shape index (κ2) is 8.51. The summed E-state index contributed by atoms with van der Waals surface area (Å²) in [6.45, 7) is 4.33. The molecule has 0 saturated carbocycles. The highest BCUT2D eigenvalue weighted by molar-refractivity contribution is 8.00. The van der Waals surface area contributed by atoms with Crippen LogP contribution in [0.1, 0.15) is 19.4 Å². The van der Waals surface area contributed by atoms with E-state index in [1.165, 1.54) is 11.8 Å². The Morgan fingerprint density at radius 2 is 1.90 bits per heavy atom. The Kier molecular flexibility index (Phi) is 7.35. The summed E-state index contributed by atoms with van der Waals surface area (Å²) in [5.41, 5.74) is 5.97. The van der Waals surface area contributed by atoms with E-state index in [2.05, 4.69) is 0 Å². The standard InChI is InChI=1S/C14H18Cl2N2O2S/c1-9(2)18(14(20)8-21-7-13(17)19)6-10-3-4-11(15)12(16)5-10/h3-5,9H,6-8H2,1-2H3,(H2,17,19). The summed E-state index contributed by atoms with van der Waals surface area (Å²) in [4.78, 5) is 24.6. The van der Waals surface area contributed by atoms with Crippen LogP contribution < -0.4 is 5.73 Å². The Balaban J connectivity index is 2.70. The van der Waals surface area contributed by atoms with Gasteiger partial charge in [-0.2, -0.15) is 0 Å². The van der Waals surface area contributed by atoms with Gasteiger partial charge in [-0.05, 0) is 31.5 Å². The Hall–Kier alpha value is -0.910. The number of halogens is 2. The van der Waals surface area contributed by atoms with Gasteiger partial charge in [-0.1, -0.05) is 29.3 Å². The molecule has 7 heteroatoms. The van der Waals surface area contributed by atoms with Crippen molar-refractivity contribution in [1.29, 1.82) is 0 Å². The van der Waals surface area contributed by atoms with Crippen LogP contribution in [0.15, 0.2) is 18.2 Å². The molecule has 0 aliphatic rings. The minimum absolute atomic E-state index is 0.0395. The molecule has 0 atom stereocenters. The Bertz CT molecular complexity index is 524. The molecule has 21 heavy (non-hydrogen) atoms. The molecule has 2 amide bonds. The summed E-state index contributed by atoms with van der Waals surface area (Å²) in [5.74, 6) is -0.0944. The first-order valence-electron chi connectivity index (χ1n) is 6.40. The average Bonchev–Trinajstić information content (AvgIpc) is 2.39. The number of thioether (sulfide) groups is 1. The van der Waals surface area contributed by atoms with Gasteiger partial charge in [0.25, 0.3) is 0 Å². The Labute approximate surface area is 139 Å². The third-order valence-corrected chi connectivity index (χ3v) is 4.43. The van der Waals surface area contributed by atoms with Gasteiger partial charge in [0.1, 0.15) is 0 Å². The molecule has 0 fully saturated rings. The number of rotatable bonds is 7. The van der Waals surface area contributed by atoms with Crippen molar-refractivity contribution in [3.05, 3.63) is 33.8 Å². The van der Waals surface area contributed by atoms with Crippen LogP contribution in [0.2, 0.25) is 10.0 Å². The zero-order valence-electron chi connectivity index (χ0n) is 11.9. The number of nitrogens with two attached hydrogens (primary N) is 1. The predicted molar refractivity (Wildman–Crippen MR) is 88.7 cm³/mol. The number of carbonyl (C=O) groups is 2. The third-order valence-electron chi connectivity index (χ3n) is 2.75. The van der Waals surface area contributed by atoms with Crippen LogP contribution in [0.3, 0.4) is 0 Å². The fourth-order valence-corrected chi connectivity index (χ4v) is 2.68. The van der Waals surface area contributed by atoms with E-state index in [4.69, 9.17) is 28.9 Å². The average molecular weight is 349 g/mol. The molecule has 116 valence electrons. The second-order valence-electron chi connectivity index (χ2n) is 4.82. The van der Waals surface area contributed by atoms with Gasteiger partial charge in [0.05, 0.1) is 21.6 Å². The van der Waals surface area contributed by atoms with Gasteiger partial charge in [-0.3, -0.25) is 9.59 Å². The highest BCUT2D eigenvalue weighted by Gasteiger charge is 2.18.